The van der Waals surface area contributed by atoms with Crippen LogP contribution in [-0.2, 0) is 4.74 Å². The molecule has 2 atom stereocenters. The molecule has 41 heavy (non-hydrogen) atoms. The Balaban J connectivity index is 1.30. The second-order valence-corrected chi connectivity index (χ2v) is 11.5. The summed E-state index contributed by atoms with van der Waals surface area (Å²) in [5, 5.41) is 19.8. The molecule has 7 rings (SSSR count). The summed E-state index contributed by atoms with van der Waals surface area (Å²) in [4.78, 5) is 24.4. The highest BCUT2D eigenvalue weighted by atomic mass is 32.1. The summed E-state index contributed by atoms with van der Waals surface area (Å²) < 4.78 is 9.47. The molecule has 0 saturated carbocycles. The van der Waals surface area contributed by atoms with Gasteiger partial charge in [0, 0.05) is 37.1 Å². The molecule has 0 spiro atoms. The van der Waals surface area contributed by atoms with E-state index in [1.165, 1.54) is 17.7 Å². The maximum atomic E-state index is 13.5. The molecular formula is C29H30N8O3S. The fourth-order valence-corrected chi connectivity index (χ4v) is 6.87. The third-order valence-corrected chi connectivity index (χ3v) is 9.03. The Morgan fingerprint density at radius 3 is 2.78 bits per heavy atom. The molecule has 2 saturated heterocycles. The van der Waals surface area contributed by atoms with Crippen LogP contribution in [-0.4, -0.2) is 71.1 Å². The quantitative estimate of drug-likeness (QED) is 0.325. The van der Waals surface area contributed by atoms with Crippen molar-refractivity contribution in [2.75, 3.05) is 25.5 Å². The Kier molecular flexibility index (Phi) is 6.53. The molecule has 2 fully saturated rings. The summed E-state index contributed by atoms with van der Waals surface area (Å²) in [6.45, 7) is 3.54. The normalized spacial score (nSPS) is 19.8. The smallest absolute Gasteiger partial charge is 0.266 e. The maximum Gasteiger partial charge on any atom is 0.266 e. The number of likely N-dealkylation sites (tertiary alicyclic amines) is 1. The SMILES string of the molecule is Cc1ncsc1C(=O)N1C[C@H](O)C[C@H]1c1cccc(-c2cc(-c3ccnn3C3CCOCC3)c3c(N)ncnn23)c1. The van der Waals surface area contributed by atoms with Gasteiger partial charge in [-0.3, -0.25) is 9.48 Å². The summed E-state index contributed by atoms with van der Waals surface area (Å²) in [7, 11) is 0. The average molecular weight is 571 g/mol. The van der Waals surface area contributed by atoms with Gasteiger partial charge in [-0.1, -0.05) is 18.2 Å². The summed E-state index contributed by atoms with van der Waals surface area (Å²) in [6.07, 6.45) is 4.93. The summed E-state index contributed by atoms with van der Waals surface area (Å²) in [6, 6.07) is 12.1. The Morgan fingerprint density at radius 1 is 1.12 bits per heavy atom. The number of benzene rings is 1. The zero-order chi connectivity index (χ0) is 28.1. The number of nitrogen functional groups attached to an aromatic ring is 1. The Bertz CT molecular complexity index is 1740. The molecule has 0 radical (unpaired) electrons. The molecule has 0 unspecified atom stereocenters. The highest BCUT2D eigenvalue weighted by Crippen LogP contribution is 2.39. The zero-order valence-corrected chi connectivity index (χ0v) is 23.4. The highest BCUT2D eigenvalue weighted by Gasteiger charge is 2.37. The highest BCUT2D eigenvalue weighted by molar-refractivity contribution is 7.11. The molecule has 4 aromatic heterocycles. The van der Waals surface area contributed by atoms with E-state index >= 15 is 0 Å². The predicted octanol–water partition coefficient (Wildman–Crippen LogP) is 3.91. The van der Waals surface area contributed by atoms with Gasteiger partial charge in [-0.25, -0.2) is 14.5 Å². The van der Waals surface area contributed by atoms with Crippen molar-refractivity contribution in [3.8, 4) is 22.5 Å². The number of amides is 1. The first-order chi connectivity index (χ1) is 20.0. The van der Waals surface area contributed by atoms with Gasteiger partial charge in [0.25, 0.3) is 5.91 Å². The number of anilines is 1. The van der Waals surface area contributed by atoms with Crippen LogP contribution in [0.15, 0.2) is 54.4 Å². The van der Waals surface area contributed by atoms with Crippen LogP contribution in [0.25, 0.3) is 28.0 Å². The first-order valence-electron chi connectivity index (χ1n) is 13.7. The van der Waals surface area contributed by atoms with Gasteiger partial charge in [0.1, 0.15) is 16.7 Å². The number of carbonyl (C=O) groups excluding carboxylic acids is 1. The van der Waals surface area contributed by atoms with Gasteiger partial charge in [0.2, 0.25) is 0 Å². The van der Waals surface area contributed by atoms with Crippen molar-refractivity contribution >= 4 is 28.6 Å². The van der Waals surface area contributed by atoms with E-state index in [4.69, 9.17) is 10.5 Å². The first kappa shape index (κ1) is 25.8. The minimum absolute atomic E-state index is 0.103. The second kappa shape index (κ2) is 10.4. The maximum absolute atomic E-state index is 13.5. The van der Waals surface area contributed by atoms with Crippen molar-refractivity contribution in [1.29, 1.82) is 0 Å². The number of β-amino-alcohol motifs (C(OH)–C–C–N with tert-alkyl or cyclic N) is 1. The van der Waals surface area contributed by atoms with E-state index in [-0.39, 0.29) is 24.5 Å². The van der Waals surface area contributed by atoms with Crippen LogP contribution in [0.5, 0.6) is 0 Å². The van der Waals surface area contributed by atoms with Crippen molar-refractivity contribution in [3.63, 3.8) is 0 Å². The molecule has 11 nitrogen and oxygen atoms in total. The minimum Gasteiger partial charge on any atom is -0.391 e. The molecule has 210 valence electrons. The van der Waals surface area contributed by atoms with Gasteiger partial charge >= 0.3 is 0 Å². The van der Waals surface area contributed by atoms with E-state index in [1.54, 1.807) is 10.4 Å². The number of ether oxygens (including phenoxy) is 1. The molecule has 5 aromatic rings. The third-order valence-electron chi connectivity index (χ3n) is 8.11. The molecular weight excluding hydrogens is 540 g/mol. The van der Waals surface area contributed by atoms with E-state index in [2.05, 4.69) is 37.0 Å². The Morgan fingerprint density at radius 2 is 1.98 bits per heavy atom. The van der Waals surface area contributed by atoms with Crippen LogP contribution in [0.1, 0.15) is 52.3 Å². The third kappa shape index (κ3) is 4.48. The second-order valence-electron chi connectivity index (χ2n) is 10.6. The van der Waals surface area contributed by atoms with Crippen molar-refractivity contribution in [1.82, 2.24) is 34.3 Å². The lowest BCUT2D eigenvalue weighted by Crippen LogP contribution is -2.31. The fourth-order valence-electron chi connectivity index (χ4n) is 6.11. The largest absolute Gasteiger partial charge is 0.391 e. The lowest BCUT2D eigenvalue weighted by Gasteiger charge is -2.25. The number of hydrogen-bond donors (Lipinski definition) is 2. The van der Waals surface area contributed by atoms with E-state index in [0.717, 1.165) is 46.4 Å². The lowest BCUT2D eigenvalue weighted by atomic mass is 9.99. The van der Waals surface area contributed by atoms with Crippen molar-refractivity contribution in [3.05, 3.63) is 70.6 Å². The minimum atomic E-state index is -0.598. The molecule has 0 aliphatic carbocycles. The van der Waals surface area contributed by atoms with E-state index in [1.807, 2.05) is 41.9 Å². The topological polar surface area (TPSA) is 137 Å². The number of nitrogens with two attached hydrogens (primary N) is 1. The van der Waals surface area contributed by atoms with Crippen LogP contribution in [0.3, 0.4) is 0 Å². The predicted molar refractivity (Wildman–Crippen MR) is 154 cm³/mol. The molecule has 1 amide bonds. The summed E-state index contributed by atoms with van der Waals surface area (Å²) in [5.74, 6) is 0.280. The summed E-state index contributed by atoms with van der Waals surface area (Å²) in [5.41, 5.74) is 14.1. The number of fused-ring (bicyclic) bond motifs is 1. The number of aryl methyl sites for hydroxylation is 1. The number of carbonyl (C=O) groups is 1. The van der Waals surface area contributed by atoms with Crippen molar-refractivity contribution < 1.29 is 14.6 Å². The number of thiazole rings is 1. The van der Waals surface area contributed by atoms with E-state index in [9.17, 15) is 9.90 Å². The fraction of sp³-hybridized carbons (Fsp3) is 0.345. The van der Waals surface area contributed by atoms with Crippen molar-refractivity contribution in [2.24, 2.45) is 0 Å². The first-order valence-corrected chi connectivity index (χ1v) is 14.6. The van der Waals surface area contributed by atoms with Crippen molar-refractivity contribution in [2.45, 2.75) is 44.4 Å². The molecule has 1 aromatic carbocycles. The van der Waals surface area contributed by atoms with E-state index in [0.29, 0.717) is 36.0 Å². The van der Waals surface area contributed by atoms with Gasteiger partial charge in [-0.2, -0.15) is 10.2 Å². The van der Waals surface area contributed by atoms with Gasteiger partial charge in [0.15, 0.2) is 5.82 Å². The Labute approximate surface area is 240 Å². The summed E-state index contributed by atoms with van der Waals surface area (Å²) >= 11 is 1.33. The molecule has 2 aliphatic heterocycles. The number of rotatable bonds is 5. The Hall–Kier alpha value is -4.13. The lowest BCUT2D eigenvalue weighted by molar-refractivity contribution is 0.0667. The van der Waals surface area contributed by atoms with Gasteiger partial charge < -0.3 is 20.5 Å². The molecule has 6 heterocycles. The monoisotopic (exact) mass is 570 g/mol. The van der Waals surface area contributed by atoms with Gasteiger partial charge in [-0.15, -0.1) is 11.3 Å². The number of hydrogen-bond acceptors (Lipinski definition) is 9. The van der Waals surface area contributed by atoms with Gasteiger partial charge in [0.05, 0.1) is 40.8 Å². The number of nitrogens with zero attached hydrogens (tertiary/aromatic N) is 7. The standard InChI is InChI=1S/C29H30N8O3S/c1-17-27(41-16-32-17)29(39)35-14-21(38)12-24(35)18-3-2-4-19(11-18)25-13-22(26-28(30)31-15-34-37(25)26)23-5-8-33-36(23)20-6-9-40-10-7-20/h2-5,8,11,13,15-16,20-21,24,38H,6-7,9-10,12,14H2,1H3,(H2,30,31,34)/t21-,24+/m1/s1. The van der Waals surface area contributed by atoms with Crippen LogP contribution in [0.4, 0.5) is 5.82 Å². The molecule has 2 aliphatic rings. The number of aliphatic hydroxyl groups is 1. The average Bonchev–Trinajstić information content (AvgIpc) is 3.79. The molecule has 12 heteroatoms. The van der Waals surface area contributed by atoms with E-state index < -0.39 is 6.10 Å². The van der Waals surface area contributed by atoms with Gasteiger partial charge in [-0.05, 0) is 49.9 Å². The number of aromatic nitrogens is 6. The van der Waals surface area contributed by atoms with Crippen LogP contribution in [0.2, 0.25) is 0 Å². The number of aliphatic hydroxyl groups excluding tert-OH is 1. The van der Waals surface area contributed by atoms with Crippen LogP contribution >= 0.6 is 11.3 Å². The molecule has 0 bridgehead atoms. The zero-order valence-electron chi connectivity index (χ0n) is 22.6. The van der Waals surface area contributed by atoms with Crippen LogP contribution in [0, 0.1) is 6.92 Å². The molecule has 3 N–H and O–H groups in total. The van der Waals surface area contributed by atoms with Crippen LogP contribution < -0.4 is 5.73 Å².